The number of carbonyl (C=O) groups is 2. The lowest BCUT2D eigenvalue weighted by Crippen LogP contribution is -2.42. The van der Waals surface area contributed by atoms with Crippen molar-refractivity contribution >= 4 is 11.6 Å². The van der Waals surface area contributed by atoms with E-state index in [2.05, 4.69) is 5.43 Å². The van der Waals surface area contributed by atoms with Crippen LogP contribution in [0.4, 0.5) is 0 Å². The van der Waals surface area contributed by atoms with Crippen LogP contribution in [-0.2, 0) is 0 Å². The normalized spacial score (nSPS) is 10.6. The van der Waals surface area contributed by atoms with Gasteiger partial charge in [-0.3, -0.25) is 15.0 Å². The summed E-state index contributed by atoms with van der Waals surface area (Å²) in [6.07, 6.45) is 0. The summed E-state index contributed by atoms with van der Waals surface area (Å²) in [4.78, 5) is 24.3. The van der Waals surface area contributed by atoms with Crippen molar-refractivity contribution in [1.29, 1.82) is 0 Å². The number of carbonyl (C=O) groups excluding carboxylic acids is 2. The minimum Gasteiger partial charge on any atom is -0.293 e. The van der Waals surface area contributed by atoms with E-state index in [1.165, 1.54) is 0 Å². The molecule has 4 heteroatoms. The summed E-state index contributed by atoms with van der Waals surface area (Å²) in [5.74, 6) is -0.0448. The zero-order chi connectivity index (χ0) is 15.1. The molecule has 0 radical (unpaired) electrons. The van der Waals surface area contributed by atoms with E-state index in [1.807, 2.05) is 36.4 Å². The van der Waals surface area contributed by atoms with Crippen LogP contribution in [0.15, 0.2) is 60.7 Å². The molecule has 1 N–H and O–H groups in total. The summed E-state index contributed by atoms with van der Waals surface area (Å²) in [5, 5.41) is 1.62. The first-order chi connectivity index (χ1) is 10.2. The first-order valence-corrected chi connectivity index (χ1v) is 6.79. The highest BCUT2D eigenvalue weighted by molar-refractivity contribution is 5.99. The lowest BCUT2D eigenvalue weighted by atomic mass is 10.1. The molecule has 0 atom stereocenters. The minimum atomic E-state index is -0.0224. The molecule has 0 aliphatic heterocycles. The molecule has 0 aromatic heterocycles. The SMILES string of the molecule is CNN(CC(=O)c1ccccc1)CC(=O)c1ccccc1. The van der Waals surface area contributed by atoms with Gasteiger partial charge in [-0.2, -0.15) is 0 Å². The van der Waals surface area contributed by atoms with Gasteiger partial charge in [-0.05, 0) is 7.05 Å². The van der Waals surface area contributed by atoms with Crippen molar-refractivity contribution in [1.82, 2.24) is 10.4 Å². The van der Waals surface area contributed by atoms with Crippen LogP contribution in [0.1, 0.15) is 20.7 Å². The van der Waals surface area contributed by atoms with Crippen molar-refractivity contribution in [3.8, 4) is 0 Å². The van der Waals surface area contributed by atoms with Gasteiger partial charge < -0.3 is 0 Å². The molecule has 0 heterocycles. The molecule has 0 unspecified atom stereocenters. The van der Waals surface area contributed by atoms with Crippen LogP contribution < -0.4 is 5.43 Å². The summed E-state index contributed by atoms with van der Waals surface area (Å²) >= 11 is 0. The number of ketones is 2. The van der Waals surface area contributed by atoms with E-state index in [0.29, 0.717) is 11.1 Å². The fraction of sp³-hybridized carbons (Fsp3) is 0.176. The zero-order valence-corrected chi connectivity index (χ0v) is 12.0. The maximum atomic E-state index is 12.1. The second kappa shape index (κ2) is 7.47. The summed E-state index contributed by atoms with van der Waals surface area (Å²) in [7, 11) is 1.70. The van der Waals surface area contributed by atoms with Gasteiger partial charge in [-0.1, -0.05) is 60.7 Å². The average molecular weight is 282 g/mol. The Morgan fingerprint density at radius 2 is 1.19 bits per heavy atom. The van der Waals surface area contributed by atoms with Gasteiger partial charge in [-0.15, -0.1) is 0 Å². The van der Waals surface area contributed by atoms with E-state index in [4.69, 9.17) is 0 Å². The lowest BCUT2D eigenvalue weighted by Gasteiger charge is -2.19. The van der Waals surface area contributed by atoms with Crippen LogP contribution in [0.5, 0.6) is 0 Å². The third-order valence-corrected chi connectivity index (χ3v) is 3.18. The predicted octanol–water partition coefficient (Wildman–Crippen LogP) is 2.19. The highest BCUT2D eigenvalue weighted by Gasteiger charge is 2.15. The molecule has 0 aliphatic rings. The number of hydrazine groups is 1. The second-order valence-electron chi connectivity index (χ2n) is 4.66. The van der Waals surface area contributed by atoms with E-state index in [9.17, 15) is 9.59 Å². The first-order valence-electron chi connectivity index (χ1n) is 6.79. The zero-order valence-electron chi connectivity index (χ0n) is 12.0. The Morgan fingerprint density at radius 3 is 1.52 bits per heavy atom. The van der Waals surface area contributed by atoms with Gasteiger partial charge in [0.05, 0.1) is 13.1 Å². The Labute approximate surface area is 124 Å². The molecular weight excluding hydrogens is 264 g/mol. The fourth-order valence-electron chi connectivity index (χ4n) is 1.99. The van der Waals surface area contributed by atoms with Crippen LogP contribution in [0, 0.1) is 0 Å². The highest BCUT2D eigenvalue weighted by atomic mass is 16.1. The number of hydrogen-bond acceptors (Lipinski definition) is 4. The van der Waals surface area contributed by atoms with Crippen LogP contribution in [0.25, 0.3) is 0 Å². The standard InChI is InChI=1S/C17H18N2O2/c1-18-19(12-16(20)14-8-4-2-5-9-14)13-17(21)15-10-6-3-7-11-15/h2-11,18H,12-13H2,1H3. The summed E-state index contributed by atoms with van der Waals surface area (Å²) in [6.45, 7) is 0.304. The summed E-state index contributed by atoms with van der Waals surface area (Å²) in [6, 6.07) is 18.1. The largest absolute Gasteiger partial charge is 0.293 e. The Bertz CT molecular complexity index is 543. The maximum absolute atomic E-state index is 12.1. The predicted molar refractivity (Wildman–Crippen MR) is 82.2 cm³/mol. The molecule has 0 fully saturated rings. The summed E-state index contributed by atoms with van der Waals surface area (Å²) < 4.78 is 0. The van der Waals surface area contributed by atoms with Gasteiger partial charge in [0.25, 0.3) is 0 Å². The highest BCUT2D eigenvalue weighted by Crippen LogP contribution is 2.04. The van der Waals surface area contributed by atoms with Crippen LogP contribution in [-0.4, -0.2) is 36.7 Å². The Hall–Kier alpha value is -2.30. The third kappa shape index (κ3) is 4.34. The van der Waals surface area contributed by atoms with Crippen molar-refractivity contribution in [2.75, 3.05) is 20.1 Å². The molecule has 21 heavy (non-hydrogen) atoms. The molecule has 0 bridgehead atoms. The van der Waals surface area contributed by atoms with Crippen molar-refractivity contribution in [2.24, 2.45) is 0 Å². The Balaban J connectivity index is 1.98. The van der Waals surface area contributed by atoms with Gasteiger partial charge in [0, 0.05) is 11.1 Å². The average Bonchev–Trinajstić information content (AvgIpc) is 2.55. The molecule has 2 aromatic carbocycles. The fourth-order valence-corrected chi connectivity index (χ4v) is 1.99. The van der Waals surface area contributed by atoms with E-state index in [-0.39, 0.29) is 24.7 Å². The first kappa shape index (κ1) is 15.1. The van der Waals surface area contributed by atoms with Crippen molar-refractivity contribution in [3.05, 3.63) is 71.8 Å². The third-order valence-electron chi connectivity index (χ3n) is 3.18. The van der Waals surface area contributed by atoms with E-state index in [1.54, 1.807) is 36.3 Å². The Morgan fingerprint density at radius 1 is 0.810 bits per heavy atom. The minimum absolute atomic E-state index is 0.0224. The molecule has 2 rings (SSSR count). The maximum Gasteiger partial charge on any atom is 0.178 e. The number of benzene rings is 2. The topological polar surface area (TPSA) is 49.4 Å². The van der Waals surface area contributed by atoms with Crippen molar-refractivity contribution < 1.29 is 9.59 Å². The number of rotatable bonds is 7. The molecule has 0 aliphatic carbocycles. The lowest BCUT2D eigenvalue weighted by molar-refractivity contribution is 0.0822. The Kier molecular flexibility index (Phi) is 5.37. The van der Waals surface area contributed by atoms with Crippen LogP contribution >= 0.6 is 0 Å². The van der Waals surface area contributed by atoms with Crippen molar-refractivity contribution in [2.45, 2.75) is 0 Å². The van der Waals surface area contributed by atoms with Gasteiger partial charge in [-0.25, -0.2) is 5.01 Å². The smallest absolute Gasteiger partial charge is 0.178 e. The van der Waals surface area contributed by atoms with Gasteiger partial charge in [0.15, 0.2) is 11.6 Å². The quantitative estimate of drug-likeness (QED) is 0.625. The van der Waals surface area contributed by atoms with E-state index < -0.39 is 0 Å². The van der Waals surface area contributed by atoms with Gasteiger partial charge in [0.2, 0.25) is 0 Å². The molecule has 108 valence electrons. The molecule has 0 saturated carbocycles. The number of nitrogens with zero attached hydrogens (tertiary/aromatic N) is 1. The van der Waals surface area contributed by atoms with Crippen LogP contribution in [0.3, 0.4) is 0 Å². The molecule has 4 nitrogen and oxygen atoms in total. The van der Waals surface area contributed by atoms with E-state index >= 15 is 0 Å². The molecule has 0 amide bonds. The van der Waals surface area contributed by atoms with Gasteiger partial charge >= 0.3 is 0 Å². The monoisotopic (exact) mass is 282 g/mol. The molecular formula is C17H18N2O2. The molecule has 0 saturated heterocycles. The van der Waals surface area contributed by atoms with Gasteiger partial charge in [0.1, 0.15) is 0 Å². The summed E-state index contributed by atoms with van der Waals surface area (Å²) in [5.41, 5.74) is 4.18. The number of hydrogen-bond donors (Lipinski definition) is 1. The number of Topliss-reactive ketones (excluding diaryl/α,β-unsaturated/α-hetero) is 2. The van der Waals surface area contributed by atoms with Crippen LogP contribution in [0.2, 0.25) is 0 Å². The van der Waals surface area contributed by atoms with Crippen molar-refractivity contribution in [3.63, 3.8) is 0 Å². The molecule has 2 aromatic rings. The number of nitrogens with one attached hydrogen (secondary N) is 1. The van der Waals surface area contributed by atoms with E-state index in [0.717, 1.165) is 0 Å². The molecule has 0 spiro atoms. The second-order valence-corrected chi connectivity index (χ2v) is 4.66.